The average Bonchev–Trinajstić information content (AvgIpc) is 2.31. The van der Waals surface area contributed by atoms with E-state index >= 15 is 0 Å². The van der Waals surface area contributed by atoms with Crippen LogP contribution in [-0.2, 0) is 9.59 Å². The summed E-state index contributed by atoms with van der Waals surface area (Å²) in [6.45, 7) is 1.87. The molecular formula is C13H17NO4. The zero-order valence-corrected chi connectivity index (χ0v) is 10.5. The highest BCUT2D eigenvalue weighted by Crippen LogP contribution is 2.21. The Morgan fingerprint density at radius 1 is 1.33 bits per heavy atom. The SMILES string of the molecule is COc1ccc(NC(=O)CCCC(=O)O)c(C)c1. The lowest BCUT2D eigenvalue weighted by Gasteiger charge is -2.09. The second-order valence-corrected chi connectivity index (χ2v) is 3.98. The van der Waals surface area contributed by atoms with Gasteiger partial charge >= 0.3 is 5.97 Å². The van der Waals surface area contributed by atoms with Crippen LogP contribution in [0.2, 0.25) is 0 Å². The van der Waals surface area contributed by atoms with Crippen LogP contribution >= 0.6 is 0 Å². The van der Waals surface area contributed by atoms with E-state index in [2.05, 4.69) is 5.32 Å². The van der Waals surface area contributed by atoms with Crippen LogP contribution in [0.25, 0.3) is 0 Å². The summed E-state index contributed by atoms with van der Waals surface area (Å²) in [6.07, 6.45) is 0.559. The Bertz CT molecular complexity index is 443. The van der Waals surface area contributed by atoms with E-state index in [1.165, 1.54) is 0 Å². The summed E-state index contributed by atoms with van der Waals surface area (Å²) in [7, 11) is 1.58. The zero-order valence-electron chi connectivity index (χ0n) is 10.5. The minimum Gasteiger partial charge on any atom is -0.497 e. The molecule has 0 saturated carbocycles. The van der Waals surface area contributed by atoms with E-state index in [1.807, 2.05) is 13.0 Å². The Morgan fingerprint density at radius 3 is 2.61 bits per heavy atom. The van der Waals surface area contributed by atoms with Crippen LogP contribution < -0.4 is 10.1 Å². The highest BCUT2D eigenvalue weighted by atomic mass is 16.5. The third kappa shape index (κ3) is 4.45. The molecular weight excluding hydrogens is 234 g/mol. The molecule has 1 aromatic carbocycles. The molecule has 98 valence electrons. The lowest BCUT2D eigenvalue weighted by Crippen LogP contribution is -2.12. The molecule has 0 fully saturated rings. The van der Waals surface area contributed by atoms with Gasteiger partial charge in [-0.05, 0) is 37.1 Å². The number of hydrogen-bond acceptors (Lipinski definition) is 3. The molecule has 5 nitrogen and oxygen atoms in total. The predicted octanol–water partition coefficient (Wildman–Crippen LogP) is 2.20. The minimum absolute atomic E-state index is 0.00894. The number of carbonyl (C=O) groups is 2. The molecule has 0 heterocycles. The zero-order chi connectivity index (χ0) is 13.5. The van der Waals surface area contributed by atoms with Gasteiger partial charge < -0.3 is 15.2 Å². The number of hydrogen-bond donors (Lipinski definition) is 2. The molecule has 1 rings (SSSR count). The first-order valence-electron chi connectivity index (χ1n) is 5.69. The number of nitrogens with one attached hydrogen (secondary N) is 1. The second-order valence-electron chi connectivity index (χ2n) is 3.98. The van der Waals surface area contributed by atoms with Gasteiger partial charge in [0.25, 0.3) is 0 Å². The van der Waals surface area contributed by atoms with Crippen LogP contribution in [-0.4, -0.2) is 24.1 Å². The molecule has 0 spiro atoms. The van der Waals surface area contributed by atoms with Crippen molar-refractivity contribution in [2.24, 2.45) is 0 Å². The first-order chi connectivity index (χ1) is 8.52. The number of amides is 1. The monoisotopic (exact) mass is 251 g/mol. The van der Waals surface area contributed by atoms with E-state index in [0.29, 0.717) is 6.42 Å². The molecule has 2 N–H and O–H groups in total. The van der Waals surface area contributed by atoms with Crippen LogP contribution in [0, 0.1) is 6.92 Å². The fourth-order valence-corrected chi connectivity index (χ4v) is 1.52. The van der Waals surface area contributed by atoms with E-state index in [9.17, 15) is 9.59 Å². The van der Waals surface area contributed by atoms with Gasteiger partial charge in [0.05, 0.1) is 7.11 Å². The van der Waals surface area contributed by atoms with Crippen LogP contribution in [0.5, 0.6) is 5.75 Å². The molecule has 1 amide bonds. The van der Waals surface area contributed by atoms with Crippen molar-refractivity contribution in [2.75, 3.05) is 12.4 Å². The number of benzene rings is 1. The molecule has 5 heteroatoms. The Kier molecular flexibility index (Phi) is 5.17. The Balaban J connectivity index is 2.51. The lowest BCUT2D eigenvalue weighted by molar-refractivity contribution is -0.137. The van der Waals surface area contributed by atoms with E-state index in [-0.39, 0.29) is 18.7 Å². The van der Waals surface area contributed by atoms with E-state index in [4.69, 9.17) is 9.84 Å². The molecule has 0 saturated heterocycles. The van der Waals surface area contributed by atoms with Crippen LogP contribution in [0.3, 0.4) is 0 Å². The average molecular weight is 251 g/mol. The summed E-state index contributed by atoms with van der Waals surface area (Å²) >= 11 is 0. The summed E-state index contributed by atoms with van der Waals surface area (Å²) < 4.78 is 5.07. The number of carboxylic acids is 1. The van der Waals surface area contributed by atoms with Crippen LogP contribution in [0.15, 0.2) is 18.2 Å². The summed E-state index contributed by atoms with van der Waals surface area (Å²) in [5, 5.41) is 11.2. The standard InChI is InChI=1S/C13H17NO4/c1-9-8-10(18-2)6-7-11(9)14-12(15)4-3-5-13(16)17/h6-8H,3-5H2,1-2H3,(H,14,15)(H,16,17). The number of aliphatic carboxylic acids is 1. The van der Waals surface area contributed by atoms with Crippen molar-refractivity contribution in [1.82, 2.24) is 0 Å². The number of methoxy groups -OCH3 is 1. The minimum atomic E-state index is -0.886. The quantitative estimate of drug-likeness (QED) is 0.812. The first kappa shape index (κ1) is 14.0. The van der Waals surface area contributed by atoms with Gasteiger partial charge in [-0.3, -0.25) is 9.59 Å². The van der Waals surface area contributed by atoms with Gasteiger partial charge in [0.1, 0.15) is 5.75 Å². The van der Waals surface area contributed by atoms with E-state index in [0.717, 1.165) is 17.0 Å². The number of carbonyl (C=O) groups excluding carboxylic acids is 1. The number of aryl methyl sites for hydroxylation is 1. The molecule has 0 aromatic heterocycles. The van der Waals surface area contributed by atoms with Crippen molar-refractivity contribution in [2.45, 2.75) is 26.2 Å². The fourth-order valence-electron chi connectivity index (χ4n) is 1.52. The van der Waals surface area contributed by atoms with Gasteiger partial charge in [0.15, 0.2) is 0 Å². The highest BCUT2D eigenvalue weighted by Gasteiger charge is 2.06. The maximum Gasteiger partial charge on any atom is 0.303 e. The third-order valence-corrected chi connectivity index (χ3v) is 2.50. The van der Waals surface area contributed by atoms with Crippen molar-refractivity contribution < 1.29 is 19.4 Å². The summed E-state index contributed by atoms with van der Waals surface area (Å²) in [5.41, 5.74) is 1.62. The molecule has 0 aliphatic rings. The van der Waals surface area contributed by atoms with Crippen molar-refractivity contribution in [1.29, 1.82) is 0 Å². The lowest BCUT2D eigenvalue weighted by atomic mass is 10.1. The third-order valence-electron chi connectivity index (χ3n) is 2.50. The number of ether oxygens (including phenoxy) is 1. The maximum absolute atomic E-state index is 11.6. The van der Waals surface area contributed by atoms with Crippen LogP contribution in [0.1, 0.15) is 24.8 Å². The van der Waals surface area contributed by atoms with Gasteiger partial charge in [-0.25, -0.2) is 0 Å². The summed E-state index contributed by atoms with van der Waals surface area (Å²) in [5.74, 6) is -0.329. The molecule has 0 radical (unpaired) electrons. The number of anilines is 1. The Morgan fingerprint density at radius 2 is 2.06 bits per heavy atom. The van der Waals surface area contributed by atoms with Gasteiger partial charge in [0, 0.05) is 18.5 Å². The Labute approximate surface area is 106 Å². The van der Waals surface area contributed by atoms with Gasteiger partial charge in [-0.15, -0.1) is 0 Å². The summed E-state index contributed by atoms with van der Waals surface area (Å²) in [6, 6.07) is 5.36. The van der Waals surface area contributed by atoms with Crippen molar-refractivity contribution in [3.05, 3.63) is 23.8 Å². The second kappa shape index (κ2) is 6.64. The van der Waals surface area contributed by atoms with Crippen LogP contribution in [0.4, 0.5) is 5.69 Å². The van der Waals surface area contributed by atoms with Crippen molar-refractivity contribution in [3.8, 4) is 5.75 Å². The van der Waals surface area contributed by atoms with E-state index in [1.54, 1.807) is 19.2 Å². The molecule has 0 aliphatic carbocycles. The predicted molar refractivity (Wildman–Crippen MR) is 67.8 cm³/mol. The maximum atomic E-state index is 11.6. The molecule has 18 heavy (non-hydrogen) atoms. The number of carboxylic acid groups (broad SMARTS) is 1. The smallest absolute Gasteiger partial charge is 0.303 e. The summed E-state index contributed by atoms with van der Waals surface area (Å²) in [4.78, 5) is 21.9. The van der Waals surface area contributed by atoms with Gasteiger partial charge in [0.2, 0.25) is 5.91 Å². The van der Waals surface area contributed by atoms with Gasteiger partial charge in [-0.2, -0.15) is 0 Å². The number of rotatable bonds is 6. The van der Waals surface area contributed by atoms with E-state index < -0.39 is 5.97 Å². The molecule has 0 atom stereocenters. The van der Waals surface area contributed by atoms with Crippen molar-refractivity contribution >= 4 is 17.6 Å². The Hall–Kier alpha value is -2.04. The molecule has 0 bridgehead atoms. The highest BCUT2D eigenvalue weighted by molar-refractivity contribution is 5.91. The molecule has 1 aromatic rings. The normalized spacial score (nSPS) is 9.89. The molecule has 0 unspecified atom stereocenters. The topological polar surface area (TPSA) is 75.6 Å². The fraction of sp³-hybridized carbons (Fsp3) is 0.385. The first-order valence-corrected chi connectivity index (χ1v) is 5.69. The van der Waals surface area contributed by atoms with Crippen molar-refractivity contribution in [3.63, 3.8) is 0 Å². The molecule has 0 aliphatic heterocycles. The largest absolute Gasteiger partial charge is 0.497 e. The van der Waals surface area contributed by atoms with Gasteiger partial charge in [-0.1, -0.05) is 0 Å².